The number of nitrogens with one attached hydrogen (secondary N) is 1. The first-order valence-electron chi connectivity index (χ1n) is 6.57. The van der Waals surface area contributed by atoms with Crippen molar-refractivity contribution < 1.29 is 4.42 Å². The van der Waals surface area contributed by atoms with Gasteiger partial charge in [0.15, 0.2) is 0 Å². The molecule has 2 rings (SSSR count). The molecule has 1 atom stereocenters. The van der Waals surface area contributed by atoms with Crippen molar-refractivity contribution in [3.63, 3.8) is 0 Å². The third-order valence-corrected chi connectivity index (χ3v) is 2.93. The molecule has 2 heterocycles. The van der Waals surface area contributed by atoms with Crippen molar-refractivity contribution in [3.8, 4) is 0 Å². The maximum Gasteiger partial charge on any atom is 0.125 e. The molecule has 0 amide bonds. The van der Waals surface area contributed by atoms with E-state index >= 15 is 0 Å². The van der Waals surface area contributed by atoms with Crippen LogP contribution in [0.15, 0.2) is 41.1 Å². The van der Waals surface area contributed by atoms with E-state index in [2.05, 4.69) is 36.3 Å². The summed E-state index contributed by atoms with van der Waals surface area (Å²) in [6.45, 7) is 5.22. The third kappa shape index (κ3) is 2.99. The minimum absolute atomic E-state index is 0.0962. The zero-order valence-electron chi connectivity index (χ0n) is 11.0. The van der Waals surface area contributed by atoms with Crippen LogP contribution in [0.25, 0.3) is 0 Å². The van der Waals surface area contributed by atoms with Crippen molar-refractivity contribution in [3.05, 3.63) is 53.7 Å². The number of nitrogens with zero attached hydrogens (tertiary/aromatic N) is 1. The number of aromatic nitrogens is 1. The molecule has 96 valence electrons. The number of aryl methyl sites for hydroxylation is 1. The van der Waals surface area contributed by atoms with Gasteiger partial charge < -0.3 is 9.73 Å². The molecule has 2 aromatic heterocycles. The Kier molecular flexibility index (Phi) is 4.53. The second kappa shape index (κ2) is 6.36. The van der Waals surface area contributed by atoms with Crippen molar-refractivity contribution in [1.29, 1.82) is 0 Å². The van der Waals surface area contributed by atoms with Crippen LogP contribution in [0.3, 0.4) is 0 Å². The highest BCUT2D eigenvalue weighted by atomic mass is 16.3. The van der Waals surface area contributed by atoms with Crippen LogP contribution in [0.5, 0.6) is 0 Å². The molecule has 0 spiro atoms. The molecular formula is C15H20N2O. The topological polar surface area (TPSA) is 38.1 Å². The highest BCUT2D eigenvalue weighted by molar-refractivity contribution is 5.24. The van der Waals surface area contributed by atoms with Crippen LogP contribution in [-0.2, 0) is 6.42 Å². The second-order valence-corrected chi connectivity index (χ2v) is 4.33. The molecule has 2 aromatic rings. The summed E-state index contributed by atoms with van der Waals surface area (Å²) in [6.07, 6.45) is 5.70. The van der Waals surface area contributed by atoms with Gasteiger partial charge in [-0.1, -0.05) is 19.9 Å². The highest BCUT2D eigenvalue weighted by Crippen LogP contribution is 2.23. The maximum absolute atomic E-state index is 5.86. The molecular weight excluding hydrogens is 224 g/mol. The first-order valence-corrected chi connectivity index (χ1v) is 6.57. The standard InChI is InChI=1S/C15H20N2O/c1-3-9-17-15(12-6-5-10-16-11-12)14-8-7-13(4-2)18-14/h5-8,10-11,15,17H,3-4,9H2,1-2H3. The van der Waals surface area contributed by atoms with E-state index in [9.17, 15) is 0 Å². The van der Waals surface area contributed by atoms with Crippen molar-refractivity contribution >= 4 is 0 Å². The average molecular weight is 244 g/mol. The molecule has 0 aliphatic carbocycles. The summed E-state index contributed by atoms with van der Waals surface area (Å²) in [6, 6.07) is 8.23. The van der Waals surface area contributed by atoms with E-state index in [-0.39, 0.29) is 6.04 Å². The number of hydrogen-bond acceptors (Lipinski definition) is 3. The molecule has 0 saturated heterocycles. The molecule has 0 aliphatic rings. The lowest BCUT2D eigenvalue weighted by atomic mass is 10.1. The summed E-state index contributed by atoms with van der Waals surface area (Å²) in [7, 11) is 0. The molecule has 3 nitrogen and oxygen atoms in total. The quantitative estimate of drug-likeness (QED) is 0.847. The van der Waals surface area contributed by atoms with Crippen LogP contribution in [0.4, 0.5) is 0 Å². The fourth-order valence-electron chi connectivity index (χ4n) is 1.96. The SMILES string of the molecule is CCCNC(c1cccnc1)c1ccc(CC)o1. The average Bonchev–Trinajstić information content (AvgIpc) is 2.89. The van der Waals surface area contributed by atoms with Crippen LogP contribution in [0.2, 0.25) is 0 Å². The van der Waals surface area contributed by atoms with Crippen LogP contribution in [0.1, 0.15) is 43.4 Å². The summed E-state index contributed by atoms with van der Waals surface area (Å²) < 4.78 is 5.86. The Morgan fingerprint density at radius 1 is 1.28 bits per heavy atom. The molecule has 0 bridgehead atoms. The molecule has 18 heavy (non-hydrogen) atoms. The summed E-state index contributed by atoms with van der Waals surface area (Å²) in [5.74, 6) is 1.99. The van der Waals surface area contributed by atoms with Gasteiger partial charge in [-0.05, 0) is 36.7 Å². The Morgan fingerprint density at radius 3 is 2.78 bits per heavy atom. The van der Waals surface area contributed by atoms with Crippen LogP contribution >= 0.6 is 0 Å². The van der Waals surface area contributed by atoms with Crippen molar-refractivity contribution in [2.24, 2.45) is 0 Å². The van der Waals surface area contributed by atoms with Gasteiger partial charge in [-0.15, -0.1) is 0 Å². The van der Waals surface area contributed by atoms with Gasteiger partial charge in [0, 0.05) is 18.8 Å². The minimum atomic E-state index is 0.0962. The van der Waals surface area contributed by atoms with E-state index in [0.717, 1.165) is 36.5 Å². The van der Waals surface area contributed by atoms with E-state index < -0.39 is 0 Å². The molecule has 0 fully saturated rings. The highest BCUT2D eigenvalue weighted by Gasteiger charge is 2.16. The van der Waals surface area contributed by atoms with Crippen molar-refractivity contribution in [2.75, 3.05) is 6.54 Å². The number of furan rings is 1. The van der Waals surface area contributed by atoms with Gasteiger partial charge in [-0.2, -0.15) is 0 Å². The summed E-state index contributed by atoms with van der Waals surface area (Å²) >= 11 is 0. The van der Waals surface area contributed by atoms with Crippen LogP contribution in [-0.4, -0.2) is 11.5 Å². The lowest BCUT2D eigenvalue weighted by molar-refractivity contribution is 0.421. The van der Waals surface area contributed by atoms with E-state index in [0.29, 0.717) is 0 Å². The summed E-state index contributed by atoms with van der Waals surface area (Å²) in [4.78, 5) is 4.18. The van der Waals surface area contributed by atoms with Gasteiger partial charge in [-0.3, -0.25) is 4.98 Å². The second-order valence-electron chi connectivity index (χ2n) is 4.33. The van der Waals surface area contributed by atoms with E-state index in [1.807, 2.05) is 18.3 Å². The van der Waals surface area contributed by atoms with Gasteiger partial charge in [0.05, 0.1) is 6.04 Å². The predicted octanol–water partition coefficient (Wildman–Crippen LogP) is 3.33. The van der Waals surface area contributed by atoms with Gasteiger partial charge in [-0.25, -0.2) is 0 Å². The van der Waals surface area contributed by atoms with Crippen LogP contribution in [0, 0.1) is 0 Å². The minimum Gasteiger partial charge on any atom is -0.464 e. The zero-order valence-corrected chi connectivity index (χ0v) is 11.0. The smallest absolute Gasteiger partial charge is 0.125 e. The van der Waals surface area contributed by atoms with E-state index in [1.165, 1.54) is 0 Å². The molecule has 0 radical (unpaired) electrons. The predicted molar refractivity (Wildman–Crippen MR) is 72.5 cm³/mol. The summed E-state index contributed by atoms with van der Waals surface area (Å²) in [5.41, 5.74) is 1.14. The van der Waals surface area contributed by atoms with Gasteiger partial charge in [0.25, 0.3) is 0 Å². The van der Waals surface area contributed by atoms with E-state index in [1.54, 1.807) is 6.20 Å². The first-order chi connectivity index (χ1) is 8.85. The van der Waals surface area contributed by atoms with E-state index in [4.69, 9.17) is 4.42 Å². The Balaban J connectivity index is 2.24. The summed E-state index contributed by atoms with van der Waals surface area (Å²) in [5, 5.41) is 3.51. The fourth-order valence-corrected chi connectivity index (χ4v) is 1.96. The lowest BCUT2D eigenvalue weighted by Crippen LogP contribution is -2.22. The van der Waals surface area contributed by atoms with Crippen molar-refractivity contribution in [2.45, 2.75) is 32.7 Å². The Morgan fingerprint density at radius 2 is 2.17 bits per heavy atom. The largest absolute Gasteiger partial charge is 0.464 e. The monoisotopic (exact) mass is 244 g/mol. The Bertz CT molecular complexity index is 464. The molecule has 0 aromatic carbocycles. The first kappa shape index (κ1) is 12.8. The lowest BCUT2D eigenvalue weighted by Gasteiger charge is -2.16. The van der Waals surface area contributed by atoms with Crippen molar-refractivity contribution in [1.82, 2.24) is 10.3 Å². The zero-order chi connectivity index (χ0) is 12.8. The normalized spacial score (nSPS) is 12.6. The molecule has 0 saturated carbocycles. The molecule has 1 N–H and O–H groups in total. The Labute approximate surface area is 108 Å². The van der Waals surface area contributed by atoms with Gasteiger partial charge in [0.1, 0.15) is 11.5 Å². The third-order valence-electron chi connectivity index (χ3n) is 2.93. The molecule has 0 aliphatic heterocycles. The molecule has 3 heteroatoms. The number of pyridine rings is 1. The Hall–Kier alpha value is -1.61. The number of hydrogen-bond donors (Lipinski definition) is 1. The maximum atomic E-state index is 5.86. The molecule has 1 unspecified atom stereocenters. The van der Waals surface area contributed by atoms with Gasteiger partial charge in [0.2, 0.25) is 0 Å². The number of rotatable bonds is 6. The van der Waals surface area contributed by atoms with Gasteiger partial charge >= 0.3 is 0 Å². The van der Waals surface area contributed by atoms with Crippen LogP contribution < -0.4 is 5.32 Å². The fraction of sp³-hybridized carbons (Fsp3) is 0.400.